The van der Waals surface area contributed by atoms with Gasteiger partial charge >= 0.3 is 6.03 Å². The molecule has 6 heteroatoms. The smallest absolute Gasteiger partial charge is 0.322 e. The van der Waals surface area contributed by atoms with Crippen LogP contribution in [0.2, 0.25) is 0 Å². The number of rotatable bonds is 3. The van der Waals surface area contributed by atoms with Crippen LogP contribution in [0.25, 0.3) is 0 Å². The molecule has 0 saturated carbocycles. The number of urea groups is 1. The van der Waals surface area contributed by atoms with Crippen molar-refractivity contribution in [3.8, 4) is 5.75 Å². The molecule has 2 N–H and O–H groups in total. The van der Waals surface area contributed by atoms with E-state index in [1.54, 1.807) is 7.11 Å². The van der Waals surface area contributed by atoms with E-state index in [2.05, 4.69) is 10.6 Å². The summed E-state index contributed by atoms with van der Waals surface area (Å²) in [4.78, 5) is 14.1. The van der Waals surface area contributed by atoms with E-state index in [0.29, 0.717) is 17.5 Å². The van der Waals surface area contributed by atoms with E-state index >= 15 is 0 Å². The van der Waals surface area contributed by atoms with Crippen molar-refractivity contribution < 1.29 is 9.53 Å². The Balaban J connectivity index is 0.00000200. The van der Waals surface area contributed by atoms with Crippen molar-refractivity contribution in [3.05, 3.63) is 24.3 Å². The van der Waals surface area contributed by atoms with Crippen LogP contribution in [0.4, 0.5) is 10.5 Å². The molecule has 2 amide bonds. The standard InChI is InChI=1S/C14H21N3O2.ClH/c1-15-11-6-5-9-17(10-11)14(18)16-12-7-3-4-8-13(12)19-2;/h3-4,7-8,11,15H,5-6,9-10H2,1-2H3,(H,16,18);1H/t11-;/m0./s1. The molecular formula is C14H22ClN3O2. The molecule has 0 radical (unpaired) electrons. The van der Waals surface area contributed by atoms with E-state index in [4.69, 9.17) is 4.74 Å². The van der Waals surface area contributed by atoms with E-state index in [1.165, 1.54) is 0 Å². The summed E-state index contributed by atoms with van der Waals surface area (Å²) in [6.45, 7) is 1.55. The number of benzene rings is 1. The third-order valence-corrected chi connectivity index (χ3v) is 3.47. The Morgan fingerprint density at radius 1 is 1.40 bits per heavy atom. The Kier molecular flexibility index (Phi) is 6.61. The van der Waals surface area contributed by atoms with Gasteiger partial charge in [-0.15, -0.1) is 12.4 Å². The highest BCUT2D eigenvalue weighted by molar-refractivity contribution is 5.91. The van der Waals surface area contributed by atoms with Crippen molar-refractivity contribution in [2.24, 2.45) is 0 Å². The van der Waals surface area contributed by atoms with E-state index in [9.17, 15) is 4.79 Å². The molecule has 5 nitrogen and oxygen atoms in total. The van der Waals surface area contributed by atoms with E-state index in [0.717, 1.165) is 25.9 Å². The molecule has 2 rings (SSSR count). The Labute approximate surface area is 126 Å². The first-order valence-electron chi connectivity index (χ1n) is 6.61. The minimum absolute atomic E-state index is 0. The summed E-state index contributed by atoms with van der Waals surface area (Å²) in [5.41, 5.74) is 0.710. The lowest BCUT2D eigenvalue weighted by molar-refractivity contribution is 0.187. The summed E-state index contributed by atoms with van der Waals surface area (Å²) in [7, 11) is 3.54. The first kappa shape index (κ1) is 16.6. The second-order valence-electron chi connectivity index (χ2n) is 4.70. The molecule has 20 heavy (non-hydrogen) atoms. The van der Waals surface area contributed by atoms with Gasteiger partial charge in [0.25, 0.3) is 0 Å². The summed E-state index contributed by atoms with van der Waals surface area (Å²) in [6.07, 6.45) is 2.15. The normalized spacial score (nSPS) is 18.1. The van der Waals surface area contributed by atoms with E-state index in [-0.39, 0.29) is 18.4 Å². The molecule has 1 aliphatic heterocycles. The molecule has 0 unspecified atom stereocenters. The van der Waals surface area contributed by atoms with Crippen LogP contribution in [0.15, 0.2) is 24.3 Å². The average Bonchev–Trinajstić information content (AvgIpc) is 2.47. The van der Waals surface area contributed by atoms with Crippen LogP contribution in [0.1, 0.15) is 12.8 Å². The fourth-order valence-electron chi connectivity index (χ4n) is 2.34. The molecule has 0 aliphatic carbocycles. The van der Waals surface area contributed by atoms with Gasteiger partial charge in [-0.25, -0.2) is 4.79 Å². The zero-order valence-corrected chi connectivity index (χ0v) is 12.7. The summed E-state index contributed by atoms with van der Waals surface area (Å²) < 4.78 is 5.23. The monoisotopic (exact) mass is 299 g/mol. The van der Waals surface area contributed by atoms with Crippen LogP contribution < -0.4 is 15.4 Å². The largest absolute Gasteiger partial charge is 0.495 e. The van der Waals surface area contributed by atoms with Gasteiger partial charge in [0.1, 0.15) is 5.75 Å². The maximum absolute atomic E-state index is 12.2. The Morgan fingerprint density at radius 3 is 2.85 bits per heavy atom. The number of carbonyl (C=O) groups is 1. The van der Waals surface area contributed by atoms with Gasteiger partial charge in [0, 0.05) is 19.1 Å². The van der Waals surface area contributed by atoms with Gasteiger partial charge in [-0.05, 0) is 32.0 Å². The number of carbonyl (C=O) groups excluding carboxylic acids is 1. The average molecular weight is 300 g/mol. The lowest BCUT2D eigenvalue weighted by Crippen LogP contribution is -2.48. The molecule has 112 valence electrons. The van der Waals surface area contributed by atoms with Gasteiger partial charge < -0.3 is 20.3 Å². The Bertz CT molecular complexity index is 442. The minimum Gasteiger partial charge on any atom is -0.495 e. The molecule has 0 bridgehead atoms. The summed E-state index contributed by atoms with van der Waals surface area (Å²) >= 11 is 0. The van der Waals surface area contributed by atoms with Gasteiger partial charge in [0.05, 0.1) is 12.8 Å². The number of halogens is 1. The Morgan fingerprint density at radius 2 is 2.15 bits per heavy atom. The van der Waals surface area contributed by atoms with Gasteiger partial charge in [0.2, 0.25) is 0 Å². The summed E-state index contributed by atoms with van der Waals surface area (Å²) in [5.74, 6) is 0.679. The highest BCUT2D eigenvalue weighted by Gasteiger charge is 2.22. The maximum Gasteiger partial charge on any atom is 0.322 e. The lowest BCUT2D eigenvalue weighted by Gasteiger charge is -2.32. The fraction of sp³-hybridized carbons (Fsp3) is 0.500. The van der Waals surface area contributed by atoms with Crippen LogP contribution in [-0.2, 0) is 0 Å². The zero-order valence-electron chi connectivity index (χ0n) is 11.9. The van der Waals surface area contributed by atoms with Crippen LogP contribution in [0.5, 0.6) is 5.75 Å². The number of likely N-dealkylation sites (tertiary alicyclic amines) is 1. The first-order chi connectivity index (χ1) is 9.24. The number of amides is 2. The van der Waals surface area contributed by atoms with Crippen molar-refractivity contribution >= 4 is 24.1 Å². The predicted octanol–water partition coefficient (Wildman–Crippen LogP) is 2.33. The number of methoxy groups -OCH3 is 1. The second-order valence-corrected chi connectivity index (χ2v) is 4.70. The topological polar surface area (TPSA) is 53.6 Å². The fourth-order valence-corrected chi connectivity index (χ4v) is 2.34. The molecule has 1 aromatic carbocycles. The third-order valence-electron chi connectivity index (χ3n) is 3.47. The molecule has 0 aromatic heterocycles. The van der Waals surface area contributed by atoms with Gasteiger partial charge in [-0.3, -0.25) is 0 Å². The maximum atomic E-state index is 12.2. The lowest BCUT2D eigenvalue weighted by atomic mass is 10.1. The number of piperidine rings is 1. The van der Waals surface area contributed by atoms with Crippen molar-refractivity contribution in [2.45, 2.75) is 18.9 Å². The van der Waals surface area contributed by atoms with Crippen molar-refractivity contribution in [2.75, 3.05) is 32.6 Å². The molecule has 1 aromatic rings. The SMILES string of the molecule is CN[C@H]1CCCN(C(=O)Nc2ccccc2OC)C1.Cl. The molecule has 0 spiro atoms. The minimum atomic E-state index is -0.0653. The van der Waals surface area contributed by atoms with Crippen LogP contribution in [-0.4, -0.2) is 44.2 Å². The van der Waals surface area contributed by atoms with Crippen LogP contribution in [0, 0.1) is 0 Å². The summed E-state index contributed by atoms with van der Waals surface area (Å²) in [5, 5.41) is 6.14. The molecule has 1 atom stereocenters. The number of nitrogens with one attached hydrogen (secondary N) is 2. The van der Waals surface area contributed by atoms with Gasteiger partial charge in [-0.2, -0.15) is 0 Å². The van der Waals surface area contributed by atoms with Crippen LogP contribution in [0.3, 0.4) is 0 Å². The van der Waals surface area contributed by atoms with E-state index in [1.807, 2.05) is 36.2 Å². The molecular weight excluding hydrogens is 278 g/mol. The van der Waals surface area contributed by atoms with E-state index < -0.39 is 0 Å². The first-order valence-corrected chi connectivity index (χ1v) is 6.61. The second kappa shape index (κ2) is 7.97. The van der Waals surface area contributed by atoms with Gasteiger partial charge in [0.15, 0.2) is 0 Å². The summed E-state index contributed by atoms with van der Waals surface area (Å²) in [6, 6.07) is 7.76. The molecule has 1 fully saturated rings. The number of anilines is 1. The number of nitrogens with zero attached hydrogens (tertiary/aromatic N) is 1. The zero-order chi connectivity index (χ0) is 13.7. The molecule has 1 aliphatic rings. The number of ether oxygens (including phenoxy) is 1. The number of hydrogen-bond donors (Lipinski definition) is 2. The number of hydrogen-bond acceptors (Lipinski definition) is 3. The number of para-hydroxylation sites is 2. The van der Waals surface area contributed by atoms with Crippen molar-refractivity contribution in [1.29, 1.82) is 0 Å². The van der Waals surface area contributed by atoms with Gasteiger partial charge in [-0.1, -0.05) is 12.1 Å². The highest BCUT2D eigenvalue weighted by atomic mass is 35.5. The van der Waals surface area contributed by atoms with Crippen LogP contribution >= 0.6 is 12.4 Å². The number of likely N-dealkylation sites (N-methyl/N-ethyl adjacent to an activating group) is 1. The molecule has 1 saturated heterocycles. The highest BCUT2D eigenvalue weighted by Crippen LogP contribution is 2.23. The third kappa shape index (κ3) is 4.02. The molecule has 1 heterocycles. The van der Waals surface area contributed by atoms with Crippen molar-refractivity contribution in [1.82, 2.24) is 10.2 Å². The quantitative estimate of drug-likeness (QED) is 0.901. The van der Waals surface area contributed by atoms with Crippen molar-refractivity contribution in [3.63, 3.8) is 0 Å². The predicted molar refractivity (Wildman–Crippen MR) is 82.9 cm³/mol. The Hall–Kier alpha value is -1.46.